The Balaban J connectivity index is 1.78. The van der Waals surface area contributed by atoms with E-state index in [1.807, 2.05) is 37.0 Å². The minimum Gasteiger partial charge on any atom is -0.302 e. The van der Waals surface area contributed by atoms with Crippen LogP contribution in [0, 0.1) is 0 Å². The molecule has 7 heteroatoms. The summed E-state index contributed by atoms with van der Waals surface area (Å²) in [4.78, 5) is 0. The van der Waals surface area contributed by atoms with E-state index < -0.39 is 18.7 Å². The summed E-state index contributed by atoms with van der Waals surface area (Å²) in [6.45, 7) is 13.6. The van der Waals surface area contributed by atoms with Crippen molar-refractivity contribution in [3.8, 4) is 0 Å². The molecule has 3 aliphatic heterocycles. The van der Waals surface area contributed by atoms with Crippen LogP contribution in [0.15, 0.2) is 0 Å². The summed E-state index contributed by atoms with van der Waals surface area (Å²) in [6, 6.07) is 0.665. The first-order chi connectivity index (χ1) is 9.97. The van der Waals surface area contributed by atoms with Gasteiger partial charge in [-0.15, -0.1) is 10.3 Å². The van der Waals surface area contributed by atoms with Gasteiger partial charge in [-0.25, -0.2) is 9.34 Å². The fourth-order valence-electron chi connectivity index (χ4n) is 3.86. The van der Waals surface area contributed by atoms with E-state index in [2.05, 4.69) is 13.8 Å². The summed E-state index contributed by atoms with van der Waals surface area (Å²) < 4.78 is 23.7. The lowest BCUT2D eigenvalue weighted by atomic mass is 9.80. The van der Waals surface area contributed by atoms with Crippen LogP contribution in [0.1, 0.15) is 54.4 Å². The van der Waals surface area contributed by atoms with Crippen LogP contribution < -0.4 is 0 Å². The molecule has 3 fully saturated rings. The van der Waals surface area contributed by atoms with Gasteiger partial charge < -0.3 is 4.52 Å². The molecule has 0 aromatic heterocycles. The number of hydrogen-bond donors (Lipinski definition) is 0. The fraction of sp³-hybridized carbons (Fsp3) is 1.00. The Hall–Kier alpha value is 0.0300. The van der Waals surface area contributed by atoms with Crippen molar-refractivity contribution < 1.29 is 14.3 Å². The Kier molecular flexibility index (Phi) is 3.84. The van der Waals surface area contributed by atoms with Crippen LogP contribution in [0.2, 0.25) is 0 Å². The summed E-state index contributed by atoms with van der Waals surface area (Å²) >= 11 is 0. The Morgan fingerprint density at radius 3 is 1.64 bits per heavy atom. The zero-order valence-electron chi connectivity index (χ0n) is 14.6. The van der Waals surface area contributed by atoms with Crippen molar-refractivity contribution in [2.45, 2.75) is 83.6 Å². The molecule has 0 saturated carbocycles. The van der Waals surface area contributed by atoms with Crippen LogP contribution >= 0.6 is 7.67 Å². The maximum Gasteiger partial charge on any atom is 0.347 e. The Morgan fingerprint density at radius 2 is 1.32 bits per heavy atom. The van der Waals surface area contributed by atoms with Gasteiger partial charge in [0.15, 0.2) is 0 Å². The lowest BCUT2D eigenvalue weighted by molar-refractivity contribution is -0.297. The van der Waals surface area contributed by atoms with E-state index >= 15 is 0 Å². The molecule has 0 N–H and O–H groups in total. The van der Waals surface area contributed by atoms with Crippen LogP contribution in [0.3, 0.4) is 0 Å². The third-order valence-electron chi connectivity index (χ3n) is 5.14. The largest absolute Gasteiger partial charge is 0.347 e. The predicted octanol–water partition coefficient (Wildman–Crippen LogP) is 2.89. The maximum atomic E-state index is 13.5. The Morgan fingerprint density at radius 1 is 0.955 bits per heavy atom. The van der Waals surface area contributed by atoms with Crippen molar-refractivity contribution in [1.82, 2.24) is 14.4 Å². The third-order valence-corrected chi connectivity index (χ3v) is 8.13. The van der Waals surface area contributed by atoms with Crippen LogP contribution in [0.25, 0.3) is 0 Å². The van der Waals surface area contributed by atoms with Crippen molar-refractivity contribution in [2.75, 3.05) is 13.1 Å². The molecule has 6 nitrogen and oxygen atoms in total. The highest BCUT2D eigenvalue weighted by molar-refractivity contribution is 7.54. The van der Waals surface area contributed by atoms with E-state index in [1.54, 1.807) is 0 Å². The lowest BCUT2D eigenvalue weighted by Gasteiger charge is -2.50. The van der Waals surface area contributed by atoms with Gasteiger partial charge in [0, 0.05) is 36.3 Å². The normalized spacial score (nSPS) is 43.6. The van der Waals surface area contributed by atoms with Gasteiger partial charge in [0.25, 0.3) is 0 Å². The van der Waals surface area contributed by atoms with E-state index in [-0.39, 0.29) is 6.10 Å². The minimum absolute atomic E-state index is 0.137. The van der Waals surface area contributed by atoms with Gasteiger partial charge in [-0.2, -0.15) is 0 Å². The summed E-state index contributed by atoms with van der Waals surface area (Å²) in [5.41, 5.74) is -0.988. The molecule has 4 unspecified atom stereocenters. The third kappa shape index (κ3) is 2.79. The van der Waals surface area contributed by atoms with Gasteiger partial charge in [0.05, 0.1) is 6.10 Å². The van der Waals surface area contributed by atoms with Crippen molar-refractivity contribution >= 4 is 7.67 Å². The second-order valence-electron chi connectivity index (χ2n) is 8.49. The monoisotopic (exact) mass is 330 g/mol. The smallest absolute Gasteiger partial charge is 0.302 e. The molecule has 1 radical (unpaired) electrons. The zero-order valence-corrected chi connectivity index (χ0v) is 15.5. The highest BCUT2D eigenvalue weighted by Crippen LogP contribution is 2.66. The van der Waals surface area contributed by atoms with E-state index in [1.165, 1.54) is 5.06 Å². The first-order valence-electron chi connectivity index (χ1n) is 8.27. The number of piperidine rings is 1. The Bertz CT molecular complexity index is 472. The summed E-state index contributed by atoms with van der Waals surface area (Å²) in [6.07, 6.45) is 1.10. The number of hydroxylamine groups is 2. The first-order valence-corrected chi connectivity index (χ1v) is 9.80. The molecule has 0 aliphatic carbocycles. The second kappa shape index (κ2) is 5.01. The van der Waals surface area contributed by atoms with E-state index in [0.29, 0.717) is 24.9 Å². The molecule has 3 heterocycles. The topological polar surface area (TPSA) is 55.5 Å². The van der Waals surface area contributed by atoms with Gasteiger partial charge in [-0.05, 0) is 54.4 Å². The SMILES string of the molecule is CC1CN1P(=O)(OC1CC(C)(C)N([O])C(C)(C)C1)N1CC1C. The summed E-state index contributed by atoms with van der Waals surface area (Å²) in [5.74, 6) is 0. The average Bonchev–Trinajstić information content (AvgIpc) is 3.24. The van der Waals surface area contributed by atoms with E-state index in [4.69, 9.17) is 4.52 Å². The van der Waals surface area contributed by atoms with Crippen LogP contribution in [-0.4, -0.2) is 56.8 Å². The minimum atomic E-state index is -2.91. The van der Waals surface area contributed by atoms with Gasteiger partial charge >= 0.3 is 7.67 Å². The fourth-order valence-corrected chi connectivity index (χ4v) is 6.82. The molecule has 3 aliphatic rings. The zero-order chi connectivity index (χ0) is 16.5. The summed E-state index contributed by atoms with van der Waals surface area (Å²) in [7, 11) is -2.91. The molecule has 0 aromatic rings. The van der Waals surface area contributed by atoms with Crippen molar-refractivity contribution in [1.29, 1.82) is 0 Å². The van der Waals surface area contributed by atoms with E-state index in [9.17, 15) is 9.77 Å². The number of nitrogens with zero attached hydrogens (tertiary/aromatic N) is 3. The molecule has 3 rings (SSSR count). The molecular weight excluding hydrogens is 301 g/mol. The van der Waals surface area contributed by atoms with Crippen molar-refractivity contribution in [2.24, 2.45) is 0 Å². The van der Waals surface area contributed by atoms with Crippen LogP contribution in [0.5, 0.6) is 0 Å². The molecule has 22 heavy (non-hydrogen) atoms. The average molecular weight is 330 g/mol. The molecule has 0 amide bonds. The molecule has 127 valence electrons. The molecule has 0 spiro atoms. The van der Waals surface area contributed by atoms with Crippen molar-refractivity contribution in [3.63, 3.8) is 0 Å². The molecule has 0 aromatic carbocycles. The lowest BCUT2D eigenvalue weighted by Crippen LogP contribution is -2.59. The quantitative estimate of drug-likeness (QED) is 0.586. The second-order valence-corrected chi connectivity index (χ2v) is 10.7. The van der Waals surface area contributed by atoms with Gasteiger partial charge in [-0.1, -0.05) is 0 Å². The highest BCUT2D eigenvalue weighted by atomic mass is 31.2. The van der Waals surface area contributed by atoms with E-state index in [0.717, 1.165) is 13.1 Å². The Labute approximate surface area is 133 Å². The van der Waals surface area contributed by atoms with Gasteiger partial charge in [0.2, 0.25) is 0 Å². The molecule has 4 atom stereocenters. The first kappa shape index (κ1) is 16.9. The number of rotatable bonds is 4. The number of hydrogen-bond acceptors (Lipinski definition) is 3. The maximum absolute atomic E-state index is 13.5. The van der Waals surface area contributed by atoms with Gasteiger partial charge in [0.1, 0.15) is 0 Å². The molecule has 3 saturated heterocycles. The molecular formula is C15H29N3O3P. The molecule has 0 bridgehead atoms. The summed E-state index contributed by atoms with van der Waals surface area (Å²) in [5, 5.41) is 13.6. The van der Waals surface area contributed by atoms with Crippen LogP contribution in [0.4, 0.5) is 0 Å². The predicted molar refractivity (Wildman–Crippen MR) is 84.7 cm³/mol. The standard InChI is InChI=1S/C15H29N3O3P/c1-11-9-16(11)22(20,17-10-12(17)2)21-13-7-14(3,4)18(19)15(5,6)8-13/h11-13H,7-10H2,1-6H3. The van der Waals surface area contributed by atoms with Crippen molar-refractivity contribution in [3.05, 3.63) is 0 Å². The van der Waals surface area contributed by atoms with Gasteiger partial charge in [-0.3, -0.25) is 4.57 Å². The highest BCUT2D eigenvalue weighted by Gasteiger charge is 2.58. The van der Waals surface area contributed by atoms with Crippen LogP contribution in [-0.2, 0) is 14.3 Å².